The fourth-order valence-electron chi connectivity index (χ4n) is 2.62. The molecule has 0 saturated carbocycles. The molecule has 1 atom stereocenters. The van der Waals surface area contributed by atoms with Crippen molar-refractivity contribution in [1.82, 2.24) is 10.6 Å². The Morgan fingerprint density at radius 3 is 2.95 bits per heavy atom. The van der Waals surface area contributed by atoms with E-state index in [2.05, 4.69) is 47.0 Å². The SMILES string of the molecule is CN=C(NCCC1CCCO1)NCc1ccc(C)cc1SC. The second kappa shape index (κ2) is 9.06. The summed E-state index contributed by atoms with van der Waals surface area (Å²) in [7, 11) is 1.81. The van der Waals surface area contributed by atoms with Crippen molar-refractivity contribution in [3.8, 4) is 0 Å². The molecule has 2 N–H and O–H groups in total. The highest BCUT2D eigenvalue weighted by atomic mass is 32.2. The van der Waals surface area contributed by atoms with Crippen molar-refractivity contribution in [2.24, 2.45) is 4.99 Å². The number of nitrogens with one attached hydrogen (secondary N) is 2. The Hall–Kier alpha value is -1.20. The third kappa shape index (κ3) is 5.21. The third-order valence-electron chi connectivity index (χ3n) is 3.90. The molecule has 0 spiro atoms. The number of ether oxygens (including phenoxy) is 1. The molecule has 0 radical (unpaired) electrons. The molecule has 0 bridgehead atoms. The van der Waals surface area contributed by atoms with Crippen molar-refractivity contribution in [2.45, 2.75) is 43.7 Å². The Balaban J connectivity index is 1.78. The first-order valence-electron chi connectivity index (χ1n) is 7.92. The Morgan fingerprint density at radius 2 is 2.27 bits per heavy atom. The van der Waals surface area contributed by atoms with Crippen LogP contribution in [0.25, 0.3) is 0 Å². The molecule has 1 unspecified atom stereocenters. The van der Waals surface area contributed by atoms with Gasteiger partial charge in [-0.25, -0.2) is 0 Å². The Bertz CT molecular complexity index is 499. The number of nitrogens with zero attached hydrogens (tertiary/aromatic N) is 1. The van der Waals surface area contributed by atoms with E-state index in [1.165, 1.54) is 28.9 Å². The molecule has 1 fully saturated rings. The highest BCUT2D eigenvalue weighted by Crippen LogP contribution is 2.21. The highest BCUT2D eigenvalue weighted by Gasteiger charge is 2.14. The topological polar surface area (TPSA) is 45.7 Å². The van der Waals surface area contributed by atoms with Crippen LogP contribution in [-0.4, -0.2) is 38.5 Å². The average molecular weight is 321 g/mol. The van der Waals surface area contributed by atoms with Gasteiger partial charge in [0.1, 0.15) is 0 Å². The molecule has 0 aliphatic carbocycles. The van der Waals surface area contributed by atoms with Gasteiger partial charge in [-0.1, -0.05) is 12.1 Å². The van der Waals surface area contributed by atoms with E-state index in [1.807, 2.05) is 7.05 Å². The van der Waals surface area contributed by atoms with Crippen LogP contribution in [0.1, 0.15) is 30.4 Å². The van der Waals surface area contributed by atoms with E-state index >= 15 is 0 Å². The smallest absolute Gasteiger partial charge is 0.191 e. The molecule has 1 aliphatic heterocycles. The first kappa shape index (κ1) is 17.2. The first-order chi connectivity index (χ1) is 10.7. The van der Waals surface area contributed by atoms with Gasteiger partial charge in [-0.15, -0.1) is 11.8 Å². The number of rotatable bonds is 6. The van der Waals surface area contributed by atoms with Gasteiger partial charge in [-0.05, 0) is 49.6 Å². The van der Waals surface area contributed by atoms with Crippen LogP contribution in [0.15, 0.2) is 28.1 Å². The van der Waals surface area contributed by atoms with E-state index in [0.29, 0.717) is 6.10 Å². The van der Waals surface area contributed by atoms with E-state index in [9.17, 15) is 0 Å². The number of hydrogen-bond acceptors (Lipinski definition) is 3. The Morgan fingerprint density at radius 1 is 1.41 bits per heavy atom. The fraction of sp³-hybridized carbons (Fsp3) is 0.588. The maximum absolute atomic E-state index is 5.64. The van der Waals surface area contributed by atoms with Crippen LogP contribution in [0.4, 0.5) is 0 Å². The van der Waals surface area contributed by atoms with Gasteiger partial charge in [0.25, 0.3) is 0 Å². The van der Waals surface area contributed by atoms with Gasteiger partial charge >= 0.3 is 0 Å². The van der Waals surface area contributed by atoms with Crippen LogP contribution in [0.2, 0.25) is 0 Å². The summed E-state index contributed by atoms with van der Waals surface area (Å²) in [6, 6.07) is 6.58. The lowest BCUT2D eigenvalue weighted by atomic mass is 10.1. The number of guanidine groups is 1. The van der Waals surface area contributed by atoms with Crippen molar-refractivity contribution in [1.29, 1.82) is 0 Å². The fourth-order valence-corrected chi connectivity index (χ4v) is 3.33. The van der Waals surface area contributed by atoms with Crippen molar-refractivity contribution in [3.05, 3.63) is 29.3 Å². The molecular formula is C17H27N3OS. The molecule has 5 heteroatoms. The molecular weight excluding hydrogens is 294 g/mol. The number of hydrogen-bond donors (Lipinski definition) is 2. The molecule has 2 rings (SSSR count). The Kier molecular flexibility index (Phi) is 7.06. The predicted octanol–water partition coefficient (Wildman–Crippen LogP) is 2.95. The molecule has 1 aromatic rings. The summed E-state index contributed by atoms with van der Waals surface area (Å²) in [5, 5.41) is 6.76. The maximum atomic E-state index is 5.64. The predicted molar refractivity (Wildman–Crippen MR) is 94.8 cm³/mol. The molecule has 1 aromatic carbocycles. The average Bonchev–Trinajstić information content (AvgIpc) is 3.04. The van der Waals surface area contributed by atoms with Crippen molar-refractivity contribution in [3.63, 3.8) is 0 Å². The molecule has 0 aromatic heterocycles. The number of aryl methyl sites for hydroxylation is 1. The lowest BCUT2D eigenvalue weighted by Crippen LogP contribution is -2.38. The zero-order valence-corrected chi connectivity index (χ0v) is 14.6. The third-order valence-corrected chi connectivity index (χ3v) is 4.72. The minimum atomic E-state index is 0.422. The molecule has 0 amide bonds. The van der Waals surface area contributed by atoms with Gasteiger partial charge in [0.15, 0.2) is 5.96 Å². The van der Waals surface area contributed by atoms with Gasteiger partial charge in [0.2, 0.25) is 0 Å². The lowest BCUT2D eigenvalue weighted by molar-refractivity contribution is 0.105. The molecule has 4 nitrogen and oxygen atoms in total. The highest BCUT2D eigenvalue weighted by molar-refractivity contribution is 7.98. The minimum absolute atomic E-state index is 0.422. The summed E-state index contributed by atoms with van der Waals surface area (Å²) in [5.41, 5.74) is 2.60. The van der Waals surface area contributed by atoms with Crippen LogP contribution >= 0.6 is 11.8 Å². The standard InChI is InChI=1S/C17H27N3OS/c1-13-6-7-14(16(11-13)22-3)12-20-17(18-2)19-9-8-15-5-4-10-21-15/h6-7,11,15H,4-5,8-10,12H2,1-3H3,(H2,18,19,20). The number of benzene rings is 1. The lowest BCUT2D eigenvalue weighted by Gasteiger charge is -2.15. The summed E-state index contributed by atoms with van der Waals surface area (Å²) in [6.45, 7) is 4.73. The van der Waals surface area contributed by atoms with Crippen LogP contribution in [0.5, 0.6) is 0 Å². The van der Waals surface area contributed by atoms with Crippen LogP contribution < -0.4 is 10.6 Å². The number of thioether (sulfide) groups is 1. The van der Waals surface area contributed by atoms with Crippen LogP contribution in [-0.2, 0) is 11.3 Å². The largest absolute Gasteiger partial charge is 0.378 e. The van der Waals surface area contributed by atoms with E-state index in [-0.39, 0.29) is 0 Å². The molecule has 1 saturated heterocycles. The van der Waals surface area contributed by atoms with E-state index in [0.717, 1.165) is 32.1 Å². The normalized spacial score (nSPS) is 18.5. The van der Waals surface area contributed by atoms with Crippen molar-refractivity contribution in [2.75, 3.05) is 26.5 Å². The summed E-state index contributed by atoms with van der Waals surface area (Å²) in [4.78, 5) is 5.61. The van der Waals surface area contributed by atoms with Gasteiger partial charge in [0.05, 0.1) is 6.10 Å². The molecule has 1 heterocycles. The monoisotopic (exact) mass is 321 g/mol. The first-order valence-corrected chi connectivity index (χ1v) is 9.15. The van der Waals surface area contributed by atoms with Crippen LogP contribution in [0.3, 0.4) is 0 Å². The maximum Gasteiger partial charge on any atom is 0.191 e. The van der Waals surface area contributed by atoms with Gasteiger partial charge in [-0.3, -0.25) is 4.99 Å². The van der Waals surface area contributed by atoms with Gasteiger partial charge < -0.3 is 15.4 Å². The summed E-state index contributed by atoms with van der Waals surface area (Å²) >= 11 is 1.79. The summed E-state index contributed by atoms with van der Waals surface area (Å²) < 4.78 is 5.64. The second-order valence-corrected chi connectivity index (χ2v) is 6.44. The molecule has 1 aliphatic rings. The molecule has 122 valence electrons. The van der Waals surface area contributed by atoms with E-state index in [1.54, 1.807) is 11.8 Å². The molecule has 22 heavy (non-hydrogen) atoms. The van der Waals surface area contributed by atoms with Crippen molar-refractivity contribution >= 4 is 17.7 Å². The van der Waals surface area contributed by atoms with E-state index in [4.69, 9.17) is 4.74 Å². The van der Waals surface area contributed by atoms with Crippen LogP contribution in [0, 0.1) is 6.92 Å². The summed E-state index contributed by atoms with van der Waals surface area (Å²) in [5.74, 6) is 0.852. The van der Waals surface area contributed by atoms with Gasteiger partial charge in [0, 0.05) is 31.6 Å². The second-order valence-electron chi connectivity index (χ2n) is 5.59. The summed E-state index contributed by atoms with van der Waals surface area (Å²) in [6.07, 6.45) is 5.97. The Labute approximate surface area is 138 Å². The van der Waals surface area contributed by atoms with Crippen molar-refractivity contribution < 1.29 is 4.74 Å². The zero-order chi connectivity index (χ0) is 15.8. The van der Waals surface area contributed by atoms with Gasteiger partial charge in [-0.2, -0.15) is 0 Å². The quantitative estimate of drug-likeness (QED) is 0.480. The van der Waals surface area contributed by atoms with E-state index < -0.39 is 0 Å². The zero-order valence-electron chi connectivity index (χ0n) is 13.8. The minimum Gasteiger partial charge on any atom is -0.378 e. The number of aliphatic imine (C=N–C) groups is 1.